The van der Waals surface area contributed by atoms with E-state index in [0.717, 1.165) is 5.56 Å². The zero-order chi connectivity index (χ0) is 13.0. The van der Waals surface area contributed by atoms with Crippen molar-refractivity contribution >= 4 is 0 Å². The summed E-state index contributed by atoms with van der Waals surface area (Å²) in [6, 6.07) is 10.2. The molecule has 0 saturated heterocycles. The maximum atomic E-state index is 13.8. The molecule has 3 nitrogen and oxygen atoms in total. The van der Waals surface area contributed by atoms with Gasteiger partial charge in [0, 0.05) is 17.3 Å². The minimum absolute atomic E-state index is 0.235. The SMILES string of the molecule is COc1ncc(CC#N)cc1-c1ccccc1F. The van der Waals surface area contributed by atoms with Gasteiger partial charge in [0.05, 0.1) is 19.6 Å². The van der Waals surface area contributed by atoms with Gasteiger partial charge in [-0.15, -0.1) is 0 Å². The number of aromatic nitrogens is 1. The van der Waals surface area contributed by atoms with Gasteiger partial charge in [0.1, 0.15) is 5.82 Å². The van der Waals surface area contributed by atoms with Crippen molar-refractivity contribution < 1.29 is 9.13 Å². The quantitative estimate of drug-likeness (QED) is 0.831. The van der Waals surface area contributed by atoms with Crippen LogP contribution >= 0.6 is 0 Å². The van der Waals surface area contributed by atoms with Crippen LogP contribution in [-0.4, -0.2) is 12.1 Å². The Morgan fingerprint density at radius 1 is 1.33 bits per heavy atom. The molecule has 1 aromatic heterocycles. The van der Waals surface area contributed by atoms with Crippen molar-refractivity contribution in [3.8, 4) is 23.1 Å². The van der Waals surface area contributed by atoms with Crippen LogP contribution in [0.4, 0.5) is 4.39 Å². The summed E-state index contributed by atoms with van der Waals surface area (Å²) in [5, 5.41) is 8.68. The molecule has 18 heavy (non-hydrogen) atoms. The standard InChI is InChI=1S/C14H11FN2O/c1-18-14-12(8-10(6-7-16)9-17-14)11-4-2-3-5-13(11)15/h2-5,8-9H,6H2,1H3. The Hall–Kier alpha value is -2.41. The smallest absolute Gasteiger partial charge is 0.221 e. The fourth-order valence-electron chi connectivity index (χ4n) is 1.72. The van der Waals surface area contributed by atoms with Crippen LogP contribution in [0.25, 0.3) is 11.1 Å². The van der Waals surface area contributed by atoms with Crippen LogP contribution < -0.4 is 4.74 Å². The van der Waals surface area contributed by atoms with Crippen molar-refractivity contribution in [3.05, 3.63) is 47.9 Å². The van der Waals surface area contributed by atoms with Crippen molar-refractivity contribution in [1.82, 2.24) is 4.98 Å². The van der Waals surface area contributed by atoms with Gasteiger partial charge in [-0.2, -0.15) is 5.26 Å². The number of methoxy groups -OCH3 is 1. The van der Waals surface area contributed by atoms with Gasteiger partial charge in [0.25, 0.3) is 0 Å². The summed E-state index contributed by atoms with van der Waals surface area (Å²) in [5.74, 6) is 0.00787. The van der Waals surface area contributed by atoms with Gasteiger partial charge in [-0.1, -0.05) is 18.2 Å². The van der Waals surface area contributed by atoms with Crippen LogP contribution in [0, 0.1) is 17.1 Å². The van der Waals surface area contributed by atoms with Crippen LogP contribution in [0.2, 0.25) is 0 Å². The highest BCUT2D eigenvalue weighted by Crippen LogP contribution is 2.30. The van der Waals surface area contributed by atoms with Gasteiger partial charge in [-0.3, -0.25) is 0 Å². The van der Waals surface area contributed by atoms with Crippen LogP contribution in [0.15, 0.2) is 36.5 Å². The maximum Gasteiger partial charge on any atom is 0.221 e. The molecule has 0 unspecified atom stereocenters. The zero-order valence-corrected chi connectivity index (χ0v) is 9.85. The Kier molecular flexibility index (Phi) is 3.54. The van der Waals surface area contributed by atoms with E-state index in [1.165, 1.54) is 13.2 Å². The topological polar surface area (TPSA) is 45.9 Å². The summed E-state index contributed by atoms with van der Waals surface area (Å²) in [5.41, 5.74) is 1.71. The predicted molar refractivity (Wildman–Crippen MR) is 65.5 cm³/mol. The molecule has 0 radical (unpaired) electrons. The number of ether oxygens (including phenoxy) is 1. The number of benzene rings is 1. The molecule has 4 heteroatoms. The summed E-state index contributed by atoms with van der Waals surface area (Å²) in [7, 11) is 1.48. The van der Waals surface area contributed by atoms with E-state index in [1.54, 1.807) is 30.5 Å². The van der Waals surface area contributed by atoms with Gasteiger partial charge in [0.2, 0.25) is 5.88 Å². The highest BCUT2D eigenvalue weighted by atomic mass is 19.1. The molecule has 2 aromatic rings. The number of hydrogen-bond donors (Lipinski definition) is 0. The van der Waals surface area contributed by atoms with E-state index in [-0.39, 0.29) is 12.2 Å². The number of halogens is 1. The zero-order valence-electron chi connectivity index (χ0n) is 9.85. The van der Waals surface area contributed by atoms with Crippen LogP contribution in [0.1, 0.15) is 5.56 Å². The van der Waals surface area contributed by atoms with E-state index in [1.807, 2.05) is 6.07 Å². The first-order valence-corrected chi connectivity index (χ1v) is 5.41. The normalized spacial score (nSPS) is 9.83. The van der Waals surface area contributed by atoms with E-state index in [0.29, 0.717) is 17.0 Å². The first-order chi connectivity index (χ1) is 8.76. The molecule has 0 fully saturated rings. The van der Waals surface area contributed by atoms with Crippen molar-refractivity contribution in [1.29, 1.82) is 5.26 Å². The Labute approximate surface area is 104 Å². The second-order valence-electron chi connectivity index (χ2n) is 3.72. The lowest BCUT2D eigenvalue weighted by Gasteiger charge is -2.09. The lowest BCUT2D eigenvalue weighted by atomic mass is 10.0. The lowest BCUT2D eigenvalue weighted by molar-refractivity contribution is 0.399. The van der Waals surface area contributed by atoms with Crippen molar-refractivity contribution in [3.63, 3.8) is 0 Å². The molecule has 0 aliphatic carbocycles. The molecular weight excluding hydrogens is 231 g/mol. The number of rotatable bonds is 3. The molecule has 90 valence electrons. The van der Waals surface area contributed by atoms with Crippen molar-refractivity contribution in [2.24, 2.45) is 0 Å². The number of hydrogen-bond acceptors (Lipinski definition) is 3. The third-order valence-electron chi connectivity index (χ3n) is 2.55. The Bertz CT molecular complexity index is 605. The first kappa shape index (κ1) is 12.1. The van der Waals surface area contributed by atoms with Gasteiger partial charge in [-0.25, -0.2) is 9.37 Å². The Morgan fingerprint density at radius 3 is 2.78 bits per heavy atom. The summed E-state index contributed by atoms with van der Waals surface area (Å²) in [6.45, 7) is 0. The van der Waals surface area contributed by atoms with Gasteiger partial charge in [0.15, 0.2) is 0 Å². The molecule has 0 aliphatic heterocycles. The maximum absolute atomic E-state index is 13.8. The third kappa shape index (κ3) is 2.30. The largest absolute Gasteiger partial charge is 0.481 e. The van der Waals surface area contributed by atoms with E-state index in [9.17, 15) is 4.39 Å². The molecule has 0 aliphatic rings. The predicted octanol–water partition coefficient (Wildman–Crippen LogP) is 2.96. The summed E-state index contributed by atoms with van der Waals surface area (Å²) < 4.78 is 18.9. The number of nitrogens with zero attached hydrogens (tertiary/aromatic N) is 2. The molecule has 0 amide bonds. The van der Waals surface area contributed by atoms with E-state index in [2.05, 4.69) is 4.98 Å². The average Bonchev–Trinajstić information content (AvgIpc) is 2.40. The van der Waals surface area contributed by atoms with E-state index < -0.39 is 0 Å². The molecule has 0 spiro atoms. The lowest BCUT2D eigenvalue weighted by Crippen LogP contribution is -1.95. The fourth-order valence-corrected chi connectivity index (χ4v) is 1.72. The van der Waals surface area contributed by atoms with Gasteiger partial charge < -0.3 is 4.74 Å². The Morgan fingerprint density at radius 2 is 2.11 bits per heavy atom. The summed E-state index contributed by atoms with van der Waals surface area (Å²) >= 11 is 0. The second-order valence-corrected chi connectivity index (χ2v) is 3.72. The van der Waals surface area contributed by atoms with Crippen LogP contribution in [-0.2, 0) is 6.42 Å². The fraction of sp³-hybridized carbons (Fsp3) is 0.143. The minimum Gasteiger partial charge on any atom is -0.481 e. The summed E-state index contributed by atoms with van der Waals surface area (Å²) in [6.07, 6.45) is 1.80. The van der Waals surface area contributed by atoms with Crippen molar-refractivity contribution in [2.45, 2.75) is 6.42 Å². The molecule has 0 N–H and O–H groups in total. The second kappa shape index (κ2) is 5.28. The molecule has 0 saturated carbocycles. The highest BCUT2D eigenvalue weighted by Gasteiger charge is 2.12. The average molecular weight is 242 g/mol. The molecule has 0 bridgehead atoms. The molecule has 1 aromatic carbocycles. The Balaban J connectivity index is 2.58. The molecule has 1 heterocycles. The first-order valence-electron chi connectivity index (χ1n) is 5.41. The van der Waals surface area contributed by atoms with E-state index >= 15 is 0 Å². The molecule has 0 atom stereocenters. The van der Waals surface area contributed by atoms with Crippen molar-refractivity contribution in [2.75, 3.05) is 7.11 Å². The monoisotopic (exact) mass is 242 g/mol. The van der Waals surface area contributed by atoms with Crippen LogP contribution in [0.5, 0.6) is 5.88 Å². The molecule has 2 rings (SSSR count). The van der Waals surface area contributed by atoms with Crippen LogP contribution in [0.3, 0.4) is 0 Å². The van der Waals surface area contributed by atoms with Gasteiger partial charge >= 0.3 is 0 Å². The minimum atomic E-state index is -0.341. The highest BCUT2D eigenvalue weighted by molar-refractivity contribution is 5.69. The third-order valence-corrected chi connectivity index (χ3v) is 2.55. The number of pyridine rings is 1. The number of nitriles is 1. The van der Waals surface area contributed by atoms with Gasteiger partial charge in [-0.05, 0) is 17.7 Å². The summed E-state index contributed by atoms with van der Waals surface area (Å²) in [4.78, 5) is 4.09. The van der Waals surface area contributed by atoms with E-state index in [4.69, 9.17) is 10.00 Å². The molecular formula is C14H11FN2O.